The quantitative estimate of drug-likeness (QED) is 0.634. The minimum absolute atomic E-state index is 0.763. The highest BCUT2D eigenvalue weighted by molar-refractivity contribution is 9.11. The normalized spacial score (nSPS) is 9.00. The summed E-state index contributed by atoms with van der Waals surface area (Å²) in [6.07, 6.45) is 0. The Kier molecular flexibility index (Phi) is 1.89. The van der Waals surface area contributed by atoms with Crippen LogP contribution in [0.2, 0.25) is 0 Å². The molecule has 0 saturated carbocycles. The first-order valence-electron chi connectivity index (χ1n) is 2.40. The van der Waals surface area contributed by atoms with Gasteiger partial charge in [0.25, 0.3) is 0 Å². The Morgan fingerprint density at radius 3 is 2.67 bits per heavy atom. The molecule has 0 aliphatic rings. The Bertz CT molecular complexity index is 239. The van der Waals surface area contributed by atoms with Crippen LogP contribution in [-0.4, -0.2) is 0 Å². The van der Waals surface area contributed by atoms with Gasteiger partial charge in [0.05, 0.1) is 3.79 Å². The van der Waals surface area contributed by atoms with Crippen LogP contribution in [0.5, 0.6) is 0 Å². The van der Waals surface area contributed by atoms with Gasteiger partial charge in [-0.25, -0.2) is 0 Å². The van der Waals surface area contributed by atoms with Crippen LogP contribution in [0.25, 0.3) is 0 Å². The molecule has 9 heavy (non-hydrogen) atoms. The molecule has 1 aromatic heterocycles. The summed E-state index contributed by atoms with van der Waals surface area (Å²) in [7, 11) is 0. The lowest BCUT2D eigenvalue weighted by atomic mass is 10.3. The van der Waals surface area contributed by atoms with Gasteiger partial charge in [-0.15, -0.1) is 11.3 Å². The number of nitriles is 1. The van der Waals surface area contributed by atoms with E-state index in [4.69, 9.17) is 5.26 Å². The van der Waals surface area contributed by atoms with E-state index in [2.05, 4.69) is 22.0 Å². The lowest BCUT2D eigenvalue weighted by molar-refractivity contribution is 1.49. The zero-order valence-corrected chi connectivity index (χ0v) is 7.21. The molecule has 1 heterocycles. The van der Waals surface area contributed by atoms with Crippen LogP contribution in [0.15, 0.2) is 9.85 Å². The largest absolute Gasteiger partial charge is 0.192 e. The van der Waals surface area contributed by atoms with E-state index in [1.807, 2.05) is 13.0 Å². The highest BCUT2D eigenvalue weighted by Gasteiger charge is 1.99. The molecular formula is C6H4BrNS. The van der Waals surface area contributed by atoms with Crippen LogP contribution in [-0.2, 0) is 0 Å². The zero-order valence-electron chi connectivity index (χ0n) is 4.81. The van der Waals surface area contributed by atoms with Crippen LogP contribution in [0, 0.1) is 18.3 Å². The Hall–Kier alpha value is -0.330. The van der Waals surface area contributed by atoms with E-state index in [1.165, 1.54) is 11.3 Å². The molecule has 0 spiro atoms. The van der Waals surface area contributed by atoms with Crippen molar-refractivity contribution in [2.24, 2.45) is 0 Å². The lowest BCUT2D eigenvalue weighted by Gasteiger charge is -1.76. The van der Waals surface area contributed by atoms with Gasteiger partial charge in [0, 0.05) is 0 Å². The molecule has 0 fully saturated rings. The average Bonchev–Trinajstić information content (AvgIpc) is 2.13. The van der Waals surface area contributed by atoms with E-state index in [-0.39, 0.29) is 0 Å². The lowest BCUT2D eigenvalue weighted by Crippen LogP contribution is -1.58. The second kappa shape index (κ2) is 2.51. The fourth-order valence-electron chi connectivity index (χ4n) is 0.515. The van der Waals surface area contributed by atoms with E-state index >= 15 is 0 Å². The Morgan fingerprint density at radius 1 is 1.78 bits per heavy atom. The summed E-state index contributed by atoms with van der Waals surface area (Å²) in [5.74, 6) is 0. The Labute approximate surface area is 66.1 Å². The van der Waals surface area contributed by atoms with E-state index in [0.717, 1.165) is 14.2 Å². The first-order chi connectivity index (χ1) is 4.24. The molecule has 1 nitrogen and oxygen atoms in total. The smallest absolute Gasteiger partial charge is 0.110 e. The topological polar surface area (TPSA) is 23.8 Å². The summed E-state index contributed by atoms with van der Waals surface area (Å²) >= 11 is 4.79. The standard InChI is InChI=1S/C6H4BrNS/c1-4-2-5(3-8)9-6(4)7/h2H,1H3. The van der Waals surface area contributed by atoms with Crippen molar-refractivity contribution >= 4 is 27.3 Å². The maximum Gasteiger partial charge on any atom is 0.110 e. The maximum absolute atomic E-state index is 8.41. The molecule has 0 atom stereocenters. The van der Waals surface area contributed by atoms with Crippen LogP contribution in [0.3, 0.4) is 0 Å². The molecule has 0 amide bonds. The molecule has 3 heteroatoms. The van der Waals surface area contributed by atoms with Crippen LogP contribution in [0.4, 0.5) is 0 Å². The number of hydrogen-bond donors (Lipinski definition) is 0. The van der Waals surface area contributed by atoms with Gasteiger partial charge in [0.15, 0.2) is 0 Å². The Balaban J connectivity index is 3.16. The maximum atomic E-state index is 8.41. The van der Waals surface area contributed by atoms with Gasteiger partial charge in [-0.3, -0.25) is 0 Å². The minimum atomic E-state index is 0.763. The number of thiophene rings is 1. The van der Waals surface area contributed by atoms with Crippen LogP contribution < -0.4 is 0 Å². The second-order valence-corrected chi connectivity index (χ2v) is 4.05. The summed E-state index contributed by atoms with van der Waals surface area (Å²) < 4.78 is 1.05. The third kappa shape index (κ3) is 1.32. The predicted molar refractivity (Wildman–Crippen MR) is 41.5 cm³/mol. The zero-order chi connectivity index (χ0) is 6.85. The molecule has 0 saturated heterocycles. The molecule has 0 aliphatic heterocycles. The van der Waals surface area contributed by atoms with Gasteiger partial charge >= 0.3 is 0 Å². The number of hydrogen-bond acceptors (Lipinski definition) is 2. The Morgan fingerprint density at radius 2 is 2.44 bits per heavy atom. The molecule has 46 valence electrons. The fourth-order valence-corrected chi connectivity index (χ4v) is 1.85. The van der Waals surface area contributed by atoms with Gasteiger partial charge in [-0.1, -0.05) is 0 Å². The van der Waals surface area contributed by atoms with Crippen molar-refractivity contribution in [3.8, 4) is 6.07 Å². The fraction of sp³-hybridized carbons (Fsp3) is 0.167. The van der Waals surface area contributed by atoms with Crippen molar-refractivity contribution in [1.29, 1.82) is 5.26 Å². The predicted octanol–water partition coefficient (Wildman–Crippen LogP) is 2.69. The van der Waals surface area contributed by atoms with Crippen molar-refractivity contribution in [2.45, 2.75) is 6.92 Å². The average molecular weight is 202 g/mol. The van der Waals surface area contributed by atoms with Gasteiger partial charge in [0.1, 0.15) is 10.9 Å². The highest BCUT2D eigenvalue weighted by atomic mass is 79.9. The van der Waals surface area contributed by atoms with Crippen LogP contribution >= 0.6 is 27.3 Å². The number of rotatable bonds is 0. The van der Waals surface area contributed by atoms with E-state index < -0.39 is 0 Å². The first-order valence-corrected chi connectivity index (χ1v) is 4.01. The van der Waals surface area contributed by atoms with Gasteiger partial charge < -0.3 is 0 Å². The number of halogens is 1. The van der Waals surface area contributed by atoms with Crippen molar-refractivity contribution < 1.29 is 0 Å². The summed E-state index contributed by atoms with van der Waals surface area (Å²) in [5, 5.41) is 8.41. The summed E-state index contributed by atoms with van der Waals surface area (Å²) in [4.78, 5) is 0.763. The number of aryl methyl sites for hydroxylation is 1. The molecule has 0 N–H and O–H groups in total. The van der Waals surface area contributed by atoms with Crippen molar-refractivity contribution in [1.82, 2.24) is 0 Å². The molecule has 0 unspecified atom stereocenters. The van der Waals surface area contributed by atoms with Gasteiger partial charge in [-0.2, -0.15) is 5.26 Å². The first kappa shape index (κ1) is 6.79. The van der Waals surface area contributed by atoms with Crippen molar-refractivity contribution in [3.05, 3.63) is 20.3 Å². The van der Waals surface area contributed by atoms with Gasteiger partial charge in [0.2, 0.25) is 0 Å². The summed E-state index contributed by atoms with van der Waals surface area (Å²) in [5.41, 5.74) is 1.14. The van der Waals surface area contributed by atoms with E-state index in [1.54, 1.807) is 0 Å². The third-order valence-corrected chi connectivity index (χ3v) is 3.01. The monoisotopic (exact) mass is 201 g/mol. The molecule has 0 bridgehead atoms. The van der Waals surface area contributed by atoms with Gasteiger partial charge in [-0.05, 0) is 34.5 Å². The molecule has 0 aliphatic carbocycles. The summed E-state index contributed by atoms with van der Waals surface area (Å²) in [6, 6.07) is 3.95. The molecule has 1 rings (SSSR count). The molecular weight excluding hydrogens is 198 g/mol. The minimum Gasteiger partial charge on any atom is -0.192 e. The molecule has 0 radical (unpaired) electrons. The number of nitrogens with zero attached hydrogens (tertiary/aromatic N) is 1. The molecule has 0 aromatic carbocycles. The van der Waals surface area contributed by atoms with Crippen molar-refractivity contribution in [2.75, 3.05) is 0 Å². The van der Waals surface area contributed by atoms with Crippen LogP contribution in [0.1, 0.15) is 10.4 Å². The second-order valence-electron chi connectivity index (χ2n) is 1.68. The van der Waals surface area contributed by atoms with Crippen molar-refractivity contribution in [3.63, 3.8) is 0 Å². The van der Waals surface area contributed by atoms with E-state index in [9.17, 15) is 0 Å². The third-order valence-electron chi connectivity index (χ3n) is 0.967. The highest BCUT2D eigenvalue weighted by Crippen LogP contribution is 2.26. The SMILES string of the molecule is Cc1cc(C#N)sc1Br. The summed E-state index contributed by atoms with van der Waals surface area (Å²) in [6.45, 7) is 1.97. The van der Waals surface area contributed by atoms with E-state index in [0.29, 0.717) is 0 Å². The molecule has 1 aromatic rings.